The molecule has 0 fully saturated rings. The summed E-state index contributed by atoms with van der Waals surface area (Å²) in [5.74, 6) is -3.94. The van der Waals surface area contributed by atoms with E-state index in [1.54, 1.807) is 0 Å². The number of methoxy groups -OCH3 is 2. The SMILES string of the molecule is COC(=O)c1ccc(C(=O)OS(=O)(=O)OC(=O)c2ccc(C(=O)OC)cc2)cc1. The first kappa shape index (κ1) is 21.6. The van der Waals surface area contributed by atoms with Gasteiger partial charge in [-0.1, -0.05) is 0 Å². The number of ether oxygens (including phenoxy) is 2. The van der Waals surface area contributed by atoms with Crippen molar-refractivity contribution in [3.8, 4) is 0 Å². The third-order valence-corrected chi connectivity index (χ3v) is 4.15. The van der Waals surface area contributed by atoms with Crippen LogP contribution in [-0.4, -0.2) is 46.5 Å². The maximum atomic E-state index is 11.9. The van der Waals surface area contributed by atoms with Crippen molar-refractivity contribution in [2.45, 2.75) is 0 Å². The number of carbonyl (C=O) groups excluding carboxylic acids is 4. The minimum absolute atomic E-state index is 0.133. The number of hydrogen-bond donors (Lipinski definition) is 0. The van der Waals surface area contributed by atoms with Crippen LogP contribution in [0.15, 0.2) is 48.5 Å². The molecule has 0 atom stereocenters. The first-order valence-corrected chi connectivity index (χ1v) is 9.09. The molecule has 0 saturated carbocycles. The molecule has 152 valence electrons. The van der Waals surface area contributed by atoms with E-state index in [1.165, 1.54) is 38.5 Å². The Morgan fingerprint density at radius 2 is 0.793 bits per heavy atom. The number of rotatable bonds is 6. The Balaban J connectivity index is 2.05. The molecule has 11 heteroatoms. The van der Waals surface area contributed by atoms with E-state index in [0.717, 1.165) is 24.3 Å². The van der Waals surface area contributed by atoms with Crippen LogP contribution in [0.5, 0.6) is 0 Å². The molecule has 10 nitrogen and oxygen atoms in total. The van der Waals surface area contributed by atoms with Gasteiger partial charge in [0.05, 0.1) is 36.5 Å². The average molecular weight is 422 g/mol. The number of benzene rings is 2. The summed E-state index contributed by atoms with van der Waals surface area (Å²) in [5, 5.41) is 0. The molecule has 0 radical (unpaired) electrons. The van der Waals surface area contributed by atoms with Gasteiger partial charge in [0.2, 0.25) is 0 Å². The van der Waals surface area contributed by atoms with Crippen molar-refractivity contribution in [1.29, 1.82) is 0 Å². The highest BCUT2D eigenvalue weighted by Crippen LogP contribution is 2.12. The second kappa shape index (κ2) is 8.97. The Kier molecular flexibility index (Phi) is 6.67. The smallest absolute Gasteiger partial charge is 0.465 e. The zero-order valence-corrected chi connectivity index (χ0v) is 15.9. The monoisotopic (exact) mass is 422 g/mol. The van der Waals surface area contributed by atoms with E-state index in [0.29, 0.717) is 0 Å². The van der Waals surface area contributed by atoms with Crippen molar-refractivity contribution < 1.29 is 45.4 Å². The van der Waals surface area contributed by atoms with Gasteiger partial charge in [-0.05, 0) is 48.5 Å². The lowest BCUT2D eigenvalue weighted by Gasteiger charge is -2.07. The first-order valence-electron chi connectivity index (χ1n) is 7.76. The highest BCUT2D eigenvalue weighted by atomic mass is 32.3. The third-order valence-electron chi connectivity index (χ3n) is 3.44. The second-order valence-corrected chi connectivity index (χ2v) is 6.44. The van der Waals surface area contributed by atoms with Crippen molar-refractivity contribution in [1.82, 2.24) is 0 Å². The molecule has 2 aromatic rings. The maximum Gasteiger partial charge on any atom is 0.506 e. The van der Waals surface area contributed by atoms with Gasteiger partial charge < -0.3 is 17.8 Å². The first-order chi connectivity index (χ1) is 13.7. The van der Waals surface area contributed by atoms with Crippen molar-refractivity contribution in [2.75, 3.05) is 14.2 Å². The van der Waals surface area contributed by atoms with Crippen LogP contribution in [-0.2, 0) is 28.2 Å². The molecule has 0 aromatic heterocycles. The highest BCUT2D eigenvalue weighted by Gasteiger charge is 2.25. The third kappa shape index (κ3) is 5.62. The molecule has 2 rings (SSSR count). The van der Waals surface area contributed by atoms with Crippen molar-refractivity contribution in [3.63, 3.8) is 0 Å². The molecule has 2 aromatic carbocycles. The summed E-state index contributed by atoms with van der Waals surface area (Å²) < 4.78 is 41.0. The average Bonchev–Trinajstić information content (AvgIpc) is 2.72. The number of hydrogen-bond acceptors (Lipinski definition) is 10. The topological polar surface area (TPSA) is 139 Å². The van der Waals surface area contributed by atoms with Crippen LogP contribution < -0.4 is 0 Å². The molecule has 0 aliphatic carbocycles. The van der Waals surface area contributed by atoms with E-state index < -0.39 is 34.3 Å². The van der Waals surface area contributed by atoms with Crippen LogP contribution in [0, 0.1) is 0 Å². The van der Waals surface area contributed by atoms with Crippen molar-refractivity contribution in [3.05, 3.63) is 70.8 Å². The molecule has 0 spiro atoms. The quantitative estimate of drug-likeness (QED) is 0.629. The van der Waals surface area contributed by atoms with Crippen molar-refractivity contribution >= 4 is 34.3 Å². The lowest BCUT2D eigenvalue weighted by Crippen LogP contribution is -2.19. The largest absolute Gasteiger partial charge is 0.506 e. The molecular formula is C18H14O10S. The van der Waals surface area contributed by atoms with Gasteiger partial charge in [0.25, 0.3) is 0 Å². The summed E-state index contributed by atoms with van der Waals surface area (Å²) in [6, 6.07) is 9.45. The summed E-state index contributed by atoms with van der Waals surface area (Å²) in [7, 11) is -2.67. The molecule has 29 heavy (non-hydrogen) atoms. The van der Waals surface area contributed by atoms with Gasteiger partial charge in [-0.15, -0.1) is 8.42 Å². The fraction of sp³-hybridized carbons (Fsp3) is 0.111. The Labute approximate surface area is 165 Å². The van der Waals surface area contributed by atoms with Crippen LogP contribution in [0.1, 0.15) is 41.4 Å². The van der Waals surface area contributed by atoms with Crippen LogP contribution in [0.25, 0.3) is 0 Å². The standard InChI is InChI=1S/C18H14O10S/c1-25-15(19)11-3-7-13(8-4-11)17(21)27-29(23,24)28-18(22)14-9-5-12(6-10-14)16(20)26-2/h3-10H,1-2H3. The molecule has 0 unspecified atom stereocenters. The second-order valence-electron chi connectivity index (χ2n) is 5.29. The highest BCUT2D eigenvalue weighted by molar-refractivity contribution is 7.82. The molecule has 0 aliphatic rings. The minimum atomic E-state index is -5.02. The van der Waals surface area contributed by atoms with Gasteiger partial charge in [0.15, 0.2) is 0 Å². The number of carbonyl (C=O) groups is 4. The lowest BCUT2D eigenvalue weighted by atomic mass is 10.1. The molecule has 0 amide bonds. The van der Waals surface area contributed by atoms with E-state index in [2.05, 4.69) is 17.8 Å². The zero-order valence-electron chi connectivity index (χ0n) is 15.1. The Hall–Kier alpha value is -3.73. The van der Waals surface area contributed by atoms with Gasteiger partial charge in [0.1, 0.15) is 0 Å². The van der Waals surface area contributed by atoms with Gasteiger partial charge in [-0.2, -0.15) is 0 Å². The van der Waals surface area contributed by atoms with Crippen LogP contribution in [0.3, 0.4) is 0 Å². The minimum Gasteiger partial charge on any atom is -0.465 e. The fourth-order valence-corrected chi connectivity index (χ4v) is 2.62. The number of esters is 2. The Morgan fingerprint density at radius 1 is 0.552 bits per heavy atom. The lowest BCUT2D eigenvalue weighted by molar-refractivity contribution is 0.0591. The molecular weight excluding hydrogens is 408 g/mol. The molecule has 0 aliphatic heterocycles. The summed E-state index contributed by atoms with van der Waals surface area (Å²) >= 11 is 0. The van der Waals surface area contributed by atoms with Crippen LogP contribution in [0.2, 0.25) is 0 Å². The molecule has 0 N–H and O–H groups in total. The van der Waals surface area contributed by atoms with E-state index in [-0.39, 0.29) is 22.3 Å². The Bertz CT molecular complexity index is 958. The van der Waals surface area contributed by atoms with E-state index in [4.69, 9.17) is 0 Å². The van der Waals surface area contributed by atoms with E-state index >= 15 is 0 Å². The summed E-state index contributed by atoms with van der Waals surface area (Å²) in [5.41, 5.74) is -0.151. The summed E-state index contributed by atoms with van der Waals surface area (Å²) in [6.45, 7) is 0. The van der Waals surface area contributed by atoms with Crippen LogP contribution in [0.4, 0.5) is 0 Å². The summed E-state index contributed by atoms with van der Waals surface area (Å²) in [6.07, 6.45) is 0. The van der Waals surface area contributed by atoms with Gasteiger partial charge in [-0.3, -0.25) is 0 Å². The Morgan fingerprint density at radius 3 is 1.03 bits per heavy atom. The molecule has 0 heterocycles. The molecule has 0 saturated heterocycles. The van der Waals surface area contributed by atoms with Gasteiger partial charge >= 0.3 is 34.3 Å². The zero-order chi connectivity index (χ0) is 21.6. The maximum absolute atomic E-state index is 11.9. The molecule has 0 bridgehead atoms. The normalized spacial score (nSPS) is 10.6. The van der Waals surface area contributed by atoms with Crippen LogP contribution >= 0.6 is 0 Å². The van der Waals surface area contributed by atoms with Crippen molar-refractivity contribution in [2.24, 2.45) is 0 Å². The summed E-state index contributed by atoms with van der Waals surface area (Å²) in [4.78, 5) is 46.5. The predicted molar refractivity (Wildman–Crippen MR) is 95.3 cm³/mol. The van der Waals surface area contributed by atoms with E-state index in [1.807, 2.05) is 0 Å². The van der Waals surface area contributed by atoms with E-state index in [9.17, 15) is 27.6 Å². The van der Waals surface area contributed by atoms with Gasteiger partial charge in [0, 0.05) is 0 Å². The predicted octanol–water partition coefficient (Wildman–Crippen LogP) is 1.52. The fourth-order valence-electron chi connectivity index (χ4n) is 2.02. The van der Waals surface area contributed by atoms with Gasteiger partial charge in [-0.25, -0.2) is 19.2 Å².